The van der Waals surface area contributed by atoms with Crippen molar-refractivity contribution >= 4 is 63.1 Å². The number of anilines is 2. The molecule has 1 aromatic heterocycles. The zero-order valence-electron chi connectivity index (χ0n) is 20.8. The number of rotatable bonds is 7. The third-order valence-electron chi connectivity index (χ3n) is 6.03. The highest BCUT2D eigenvalue weighted by atomic mass is 32.2. The first-order chi connectivity index (χ1) is 19.6. The van der Waals surface area contributed by atoms with Crippen molar-refractivity contribution in [3.63, 3.8) is 0 Å². The van der Waals surface area contributed by atoms with Gasteiger partial charge in [-0.05, 0) is 60.3 Å². The highest BCUT2D eigenvalue weighted by molar-refractivity contribution is 8.18. The lowest BCUT2D eigenvalue weighted by atomic mass is 10.1. The Morgan fingerprint density at radius 2 is 1.54 bits per heavy atom. The maximum absolute atomic E-state index is 13.9. The van der Waals surface area contributed by atoms with Crippen molar-refractivity contribution in [2.45, 2.75) is 6.54 Å². The van der Waals surface area contributed by atoms with E-state index in [1.165, 1.54) is 30.3 Å². The lowest BCUT2D eigenvalue weighted by molar-refractivity contribution is -0.127. The molecule has 0 unspecified atom stereocenters. The molecule has 1 fully saturated rings. The average molecular weight is 583 g/mol. The molecule has 0 saturated carbocycles. The van der Waals surface area contributed by atoms with Crippen LogP contribution in [0.3, 0.4) is 0 Å². The number of halogens is 4. The van der Waals surface area contributed by atoms with E-state index in [0.29, 0.717) is 44.9 Å². The lowest BCUT2D eigenvalue weighted by Gasteiger charge is -2.13. The number of hydrogen-bond donors (Lipinski definition) is 2. The fourth-order valence-electron chi connectivity index (χ4n) is 4.14. The van der Waals surface area contributed by atoms with Gasteiger partial charge in [-0.15, -0.1) is 0 Å². The molecular weight excluding hydrogens is 564 g/mol. The second-order valence-electron chi connectivity index (χ2n) is 8.82. The van der Waals surface area contributed by atoms with Crippen LogP contribution in [0.2, 0.25) is 0 Å². The predicted molar refractivity (Wildman–Crippen MR) is 145 cm³/mol. The van der Waals surface area contributed by atoms with Gasteiger partial charge in [-0.1, -0.05) is 18.2 Å². The Hall–Kier alpha value is -4.91. The summed E-state index contributed by atoms with van der Waals surface area (Å²) in [6.45, 7) is -0.889. The summed E-state index contributed by atoms with van der Waals surface area (Å²) in [4.78, 5) is 51.2. The zero-order chi connectivity index (χ0) is 29.3. The highest BCUT2D eigenvalue weighted by Crippen LogP contribution is 2.34. The first kappa shape index (κ1) is 27.6. The Kier molecular flexibility index (Phi) is 7.62. The highest BCUT2D eigenvalue weighted by Gasteiger charge is 2.36. The molecule has 41 heavy (non-hydrogen) atoms. The molecule has 8 nitrogen and oxygen atoms in total. The van der Waals surface area contributed by atoms with Crippen molar-refractivity contribution in [3.8, 4) is 0 Å². The van der Waals surface area contributed by atoms with E-state index in [1.807, 2.05) is 5.32 Å². The largest absolute Gasteiger partial charge is 0.337 e. The minimum Gasteiger partial charge on any atom is -0.337 e. The first-order valence-electron chi connectivity index (χ1n) is 11.9. The van der Waals surface area contributed by atoms with E-state index in [9.17, 15) is 36.7 Å². The van der Waals surface area contributed by atoms with Crippen molar-refractivity contribution < 1.29 is 36.7 Å². The minimum atomic E-state index is -1.77. The van der Waals surface area contributed by atoms with Crippen LogP contribution in [-0.2, 0) is 20.9 Å². The van der Waals surface area contributed by atoms with Crippen LogP contribution in [-0.4, -0.2) is 39.0 Å². The van der Waals surface area contributed by atoms with Crippen LogP contribution in [0.5, 0.6) is 0 Å². The number of imide groups is 1. The summed E-state index contributed by atoms with van der Waals surface area (Å²) < 4.78 is 55.3. The van der Waals surface area contributed by atoms with Crippen LogP contribution in [0.4, 0.5) is 33.7 Å². The Balaban J connectivity index is 1.32. The molecule has 2 N–H and O–H groups in total. The van der Waals surface area contributed by atoms with Gasteiger partial charge in [0.1, 0.15) is 18.9 Å². The van der Waals surface area contributed by atoms with E-state index in [2.05, 4.69) is 5.32 Å². The minimum absolute atomic E-state index is 0.000439. The molecule has 3 aromatic carbocycles. The molecule has 1 aliphatic rings. The summed E-state index contributed by atoms with van der Waals surface area (Å²) in [6.07, 6.45) is 3.08. The maximum Gasteiger partial charge on any atom is 0.294 e. The number of thioether (sulfide) groups is 1. The standard InChI is InChI=1S/C28H18F4N4O4S/c29-16-5-7-17(8-6-16)33-23(37)13-35-12-15(18-3-1-2-4-21(18)35)11-22-27(39)36(28(40)41-22)14-24(38)34-20-10-9-19(30)25(31)26(20)32/h1-12H,13-14H2,(H,33,37)(H,34,38)/b22-11-. The van der Waals surface area contributed by atoms with Crippen molar-refractivity contribution in [2.75, 3.05) is 17.2 Å². The van der Waals surface area contributed by atoms with Gasteiger partial charge in [0.2, 0.25) is 11.8 Å². The number of amides is 4. The molecule has 1 saturated heterocycles. The van der Waals surface area contributed by atoms with Gasteiger partial charge in [0.05, 0.1) is 10.6 Å². The molecule has 0 aliphatic carbocycles. The number of carbonyl (C=O) groups is 4. The van der Waals surface area contributed by atoms with Crippen molar-refractivity contribution in [1.82, 2.24) is 9.47 Å². The van der Waals surface area contributed by atoms with E-state index in [-0.39, 0.29) is 17.4 Å². The number of para-hydroxylation sites is 1. The van der Waals surface area contributed by atoms with Crippen LogP contribution in [0, 0.1) is 23.3 Å². The number of hydrogen-bond acceptors (Lipinski definition) is 5. The molecular formula is C28H18F4N4O4S. The van der Waals surface area contributed by atoms with Gasteiger partial charge in [0, 0.05) is 28.4 Å². The third kappa shape index (κ3) is 5.84. The van der Waals surface area contributed by atoms with Gasteiger partial charge >= 0.3 is 0 Å². The van der Waals surface area contributed by atoms with E-state index >= 15 is 0 Å². The van der Waals surface area contributed by atoms with Gasteiger partial charge in [-0.3, -0.25) is 24.1 Å². The third-order valence-corrected chi connectivity index (χ3v) is 6.94. The summed E-state index contributed by atoms with van der Waals surface area (Å²) in [6, 6.07) is 13.8. The van der Waals surface area contributed by atoms with Gasteiger partial charge in [-0.2, -0.15) is 0 Å². The molecule has 1 aliphatic heterocycles. The smallest absolute Gasteiger partial charge is 0.294 e. The lowest BCUT2D eigenvalue weighted by Crippen LogP contribution is -2.36. The quantitative estimate of drug-likeness (QED) is 0.170. The molecule has 0 radical (unpaired) electrons. The van der Waals surface area contributed by atoms with Crippen molar-refractivity contribution in [1.29, 1.82) is 0 Å². The number of fused-ring (bicyclic) bond motifs is 1. The van der Waals surface area contributed by atoms with E-state index in [0.717, 1.165) is 6.07 Å². The molecule has 5 rings (SSSR count). The van der Waals surface area contributed by atoms with Gasteiger partial charge < -0.3 is 15.2 Å². The normalized spacial score (nSPS) is 14.2. The SMILES string of the molecule is O=C(Cn1cc(/C=C2\SC(=O)N(CC(=O)Nc3ccc(F)c(F)c3F)C2=O)c2ccccc21)Nc1ccc(F)cc1. The van der Waals surface area contributed by atoms with Crippen LogP contribution in [0.25, 0.3) is 17.0 Å². The second kappa shape index (κ2) is 11.3. The molecule has 208 valence electrons. The fourth-order valence-corrected chi connectivity index (χ4v) is 4.97. The Morgan fingerprint density at radius 1 is 0.829 bits per heavy atom. The molecule has 0 atom stereocenters. The molecule has 0 spiro atoms. The number of carbonyl (C=O) groups excluding carboxylic acids is 4. The van der Waals surface area contributed by atoms with E-state index < -0.39 is 52.6 Å². The molecule has 4 aromatic rings. The van der Waals surface area contributed by atoms with E-state index in [4.69, 9.17) is 0 Å². The Morgan fingerprint density at radius 3 is 2.29 bits per heavy atom. The molecule has 2 heterocycles. The zero-order valence-corrected chi connectivity index (χ0v) is 21.6. The number of nitrogens with zero attached hydrogens (tertiary/aromatic N) is 2. The molecule has 13 heteroatoms. The summed E-state index contributed by atoms with van der Waals surface area (Å²) >= 11 is 0.583. The predicted octanol–water partition coefficient (Wildman–Crippen LogP) is 5.51. The molecule has 4 amide bonds. The van der Waals surface area contributed by atoms with Crippen LogP contribution < -0.4 is 10.6 Å². The summed E-state index contributed by atoms with van der Waals surface area (Å²) in [5.41, 5.74) is 0.958. The maximum atomic E-state index is 13.9. The van der Waals surface area contributed by atoms with Gasteiger partial charge in [0.15, 0.2) is 17.5 Å². The Labute approximate surface area is 233 Å². The summed E-state index contributed by atoms with van der Waals surface area (Å²) in [5, 5.41) is 4.62. The fraction of sp³-hybridized carbons (Fsp3) is 0.0714. The number of nitrogens with one attached hydrogen (secondary N) is 2. The number of benzene rings is 3. The number of aromatic nitrogens is 1. The van der Waals surface area contributed by atoms with Gasteiger partial charge in [-0.25, -0.2) is 17.6 Å². The van der Waals surface area contributed by atoms with Crippen molar-refractivity contribution in [2.24, 2.45) is 0 Å². The van der Waals surface area contributed by atoms with Crippen LogP contribution in [0.15, 0.2) is 71.8 Å². The van der Waals surface area contributed by atoms with Crippen LogP contribution >= 0.6 is 11.8 Å². The van der Waals surface area contributed by atoms with Crippen molar-refractivity contribution in [3.05, 3.63) is 101 Å². The van der Waals surface area contributed by atoms with Gasteiger partial charge in [0.25, 0.3) is 11.1 Å². The monoisotopic (exact) mass is 582 g/mol. The topological polar surface area (TPSA) is 101 Å². The van der Waals surface area contributed by atoms with Crippen LogP contribution in [0.1, 0.15) is 5.56 Å². The average Bonchev–Trinajstić information content (AvgIpc) is 3.41. The Bertz CT molecular complexity index is 1750. The van der Waals surface area contributed by atoms with E-state index in [1.54, 1.807) is 35.0 Å². The summed E-state index contributed by atoms with van der Waals surface area (Å²) in [5.74, 6) is -7.43. The summed E-state index contributed by atoms with van der Waals surface area (Å²) in [7, 11) is 0. The second-order valence-corrected chi connectivity index (χ2v) is 9.82. The molecule has 0 bridgehead atoms. The first-order valence-corrected chi connectivity index (χ1v) is 12.7.